The van der Waals surface area contributed by atoms with Crippen LogP contribution in [0.15, 0.2) is 77.3 Å². The lowest BCUT2D eigenvalue weighted by Crippen LogP contribution is -2.39. The molecule has 0 fully saturated rings. The Morgan fingerprint density at radius 2 is 1.75 bits per heavy atom. The number of halogens is 2. The quantitative estimate of drug-likeness (QED) is 0.571. The van der Waals surface area contributed by atoms with Gasteiger partial charge in [-0.25, -0.2) is 0 Å². The van der Waals surface area contributed by atoms with E-state index in [9.17, 15) is 9.59 Å². The highest BCUT2D eigenvalue weighted by molar-refractivity contribution is 9.10. The summed E-state index contributed by atoms with van der Waals surface area (Å²) < 4.78 is 0.869. The normalized spacial score (nSPS) is 16.1. The van der Waals surface area contributed by atoms with E-state index in [2.05, 4.69) is 21.2 Å². The van der Waals surface area contributed by atoms with Crippen molar-refractivity contribution < 1.29 is 9.59 Å². The van der Waals surface area contributed by atoms with Gasteiger partial charge in [0.1, 0.15) is 6.54 Å². The first-order valence-electron chi connectivity index (χ1n) is 8.74. The second-order valence-corrected chi connectivity index (χ2v) is 7.83. The molecule has 1 heterocycles. The van der Waals surface area contributed by atoms with E-state index in [0.29, 0.717) is 16.3 Å². The highest BCUT2D eigenvalue weighted by atomic mass is 79.9. The molecule has 140 valence electrons. The average molecular weight is 456 g/mol. The smallest absolute Gasteiger partial charge is 0.256 e. The van der Waals surface area contributed by atoms with E-state index in [1.165, 1.54) is 0 Å². The number of nitrogens with one attached hydrogen (secondary N) is 1. The second kappa shape index (κ2) is 7.78. The lowest BCUT2D eigenvalue weighted by Gasteiger charge is -2.31. The fourth-order valence-corrected chi connectivity index (χ4v) is 4.05. The number of fused-ring (bicyclic) bond motifs is 1. The summed E-state index contributed by atoms with van der Waals surface area (Å²) in [6, 6.07) is 21.8. The number of rotatable bonds is 2. The van der Waals surface area contributed by atoms with E-state index in [1.807, 2.05) is 48.5 Å². The minimum Gasteiger partial charge on any atom is -0.324 e. The summed E-state index contributed by atoms with van der Waals surface area (Å²) in [7, 11) is 0. The molecule has 1 aliphatic rings. The molecule has 1 aliphatic heterocycles. The third-order valence-electron chi connectivity index (χ3n) is 4.69. The van der Waals surface area contributed by atoms with Crippen LogP contribution in [0.4, 0.5) is 5.69 Å². The highest BCUT2D eigenvalue weighted by Crippen LogP contribution is 2.38. The van der Waals surface area contributed by atoms with Crippen LogP contribution in [0.2, 0.25) is 5.02 Å². The first kappa shape index (κ1) is 18.7. The van der Waals surface area contributed by atoms with Gasteiger partial charge >= 0.3 is 0 Å². The van der Waals surface area contributed by atoms with E-state index in [0.717, 1.165) is 15.6 Å². The van der Waals surface area contributed by atoms with Gasteiger partial charge in [-0.1, -0.05) is 70.0 Å². The Balaban J connectivity index is 1.91. The molecule has 1 atom stereocenters. The molecular formula is C22H16BrClN2O2. The Hall–Kier alpha value is -2.63. The van der Waals surface area contributed by atoms with Crippen molar-refractivity contribution in [2.75, 3.05) is 11.9 Å². The molecule has 28 heavy (non-hydrogen) atoms. The first-order chi connectivity index (χ1) is 13.5. The van der Waals surface area contributed by atoms with Crippen molar-refractivity contribution in [2.24, 2.45) is 0 Å². The molecule has 0 aliphatic carbocycles. The van der Waals surface area contributed by atoms with Crippen molar-refractivity contribution >= 4 is 45.0 Å². The van der Waals surface area contributed by atoms with Crippen molar-refractivity contribution in [1.29, 1.82) is 0 Å². The summed E-state index contributed by atoms with van der Waals surface area (Å²) in [5, 5.41) is 3.27. The Labute approximate surface area is 176 Å². The molecule has 0 saturated carbocycles. The number of hydrogen-bond acceptors (Lipinski definition) is 2. The summed E-state index contributed by atoms with van der Waals surface area (Å²) in [6.45, 7) is -0.0735. The standard InChI is InChI=1S/C22H16BrClN2O2/c23-15-10-11-19-17(12-15)21(14-6-2-1-3-7-14)26(13-20(27)25-19)22(28)16-8-4-5-9-18(16)24/h1-12,21H,13H2,(H,25,27)/t21-/m0/s1. The summed E-state index contributed by atoms with van der Waals surface area (Å²) in [5.41, 5.74) is 2.82. The Morgan fingerprint density at radius 1 is 1.04 bits per heavy atom. The van der Waals surface area contributed by atoms with Crippen LogP contribution in [0.3, 0.4) is 0 Å². The monoisotopic (exact) mass is 454 g/mol. The molecule has 0 saturated heterocycles. The van der Waals surface area contributed by atoms with Gasteiger partial charge in [-0.05, 0) is 35.9 Å². The molecule has 6 heteroatoms. The number of anilines is 1. The van der Waals surface area contributed by atoms with E-state index in [4.69, 9.17) is 11.6 Å². The van der Waals surface area contributed by atoms with Crippen LogP contribution in [0, 0.1) is 0 Å². The van der Waals surface area contributed by atoms with Crippen LogP contribution in [0.5, 0.6) is 0 Å². The molecule has 0 unspecified atom stereocenters. The minimum absolute atomic E-state index is 0.0735. The lowest BCUT2D eigenvalue weighted by atomic mass is 9.95. The number of benzene rings is 3. The predicted molar refractivity (Wildman–Crippen MR) is 114 cm³/mol. The zero-order chi connectivity index (χ0) is 19.7. The molecular weight excluding hydrogens is 440 g/mol. The van der Waals surface area contributed by atoms with Crippen molar-refractivity contribution in [3.8, 4) is 0 Å². The number of carbonyl (C=O) groups is 2. The van der Waals surface area contributed by atoms with Gasteiger partial charge in [0.25, 0.3) is 5.91 Å². The molecule has 0 spiro atoms. The van der Waals surface area contributed by atoms with Crippen LogP contribution in [0.25, 0.3) is 0 Å². The van der Waals surface area contributed by atoms with Gasteiger partial charge in [-0.3, -0.25) is 9.59 Å². The number of carbonyl (C=O) groups excluding carboxylic acids is 2. The zero-order valence-electron chi connectivity index (χ0n) is 14.7. The topological polar surface area (TPSA) is 49.4 Å². The zero-order valence-corrected chi connectivity index (χ0v) is 17.1. The van der Waals surface area contributed by atoms with E-state index >= 15 is 0 Å². The van der Waals surface area contributed by atoms with E-state index in [-0.39, 0.29) is 18.4 Å². The SMILES string of the molecule is O=C1CN(C(=O)c2ccccc2Cl)[C@@H](c2ccccc2)c2cc(Br)ccc2N1. The van der Waals surface area contributed by atoms with E-state index in [1.54, 1.807) is 29.2 Å². The number of hydrogen-bond donors (Lipinski definition) is 1. The third-order valence-corrected chi connectivity index (χ3v) is 5.51. The molecule has 4 rings (SSSR count). The maximum Gasteiger partial charge on any atom is 0.256 e. The van der Waals surface area contributed by atoms with Crippen molar-refractivity contribution in [3.63, 3.8) is 0 Å². The number of nitrogens with zero attached hydrogens (tertiary/aromatic N) is 1. The van der Waals surface area contributed by atoms with Crippen molar-refractivity contribution in [2.45, 2.75) is 6.04 Å². The average Bonchev–Trinajstić information content (AvgIpc) is 2.84. The maximum atomic E-state index is 13.4. The van der Waals surface area contributed by atoms with Gasteiger partial charge in [0.15, 0.2) is 0 Å². The molecule has 2 amide bonds. The molecule has 0 bridgehead atoms. The van der Waals surface area contributed by atoms with Crippen molar-refractivity contribution in [3.05, 3.63) is 99.0 Å². The van der Waals surface area contributed by atoms with Gasteiger partial charge in [0, 0.05) is 15.7 Å². The Kier molecular flexibility index (Phi) is 5.20. The fraction of sp³-hybridized carbons (Fsp3) is 0.0909. The number of amides is 2. The second-order valence-electron chi connectivity index (χ2n) is 6.51. The lowest BCUT2D eigenvalue weighted by molar-refractivity contribution is -0.117. The first-order valence-corrected chi connectivity index (χ1v) is 9.91. The summed E-state index contributed by atoms with van der Waals surface area (Å²) in [4.78, 5) is 27.6. The van der Waals surface area contributed by atoms with Gasteiger partial charge < -0.3 is 10.2 Å². The minimum atomic E-state index is -0.434. The van der Waals surface area contributed by atoms with Crippen LogP contribution in [0.1, 0.15) is 27.5 Å². The van der Waals surface area contributed by atoms with Gasteiger partial charge in [0.2, 0.25) is 5.91 Å². The van der Waals surface area contributed by atoms with Gasteiger partial charge in [0.05, 0.1) is 16.6 Å². The van der Waals surface area contributed by atoms with Crippen LogP contribution >= 0.6 is 27.5 Å². The summed E-state index contributed by atoms with van der Waals surface area (Å²) >= 11 is 9.79. The van der Waals surface area contributed by atoms with Crippen LogP contribution in [-0.4, -0.2) is 23.3 Å². The Bertz CT molecular complexity index is 1060. The molecule has 3 aromatic rings. The van der Waals surface area contributed by atoms with Crippen LogP contribution < -0.4 is 5.32 Å². The van der Waals surface area contributed by atoms with Gasteiger partial charge in [-0.15, -0.1) is 0 Å². The molecule has 1 N–H and O–H groups in total. The fourth-order valence-electron chi connectivity index (χ4n) is 3.45. The summed E-state index contributed by atoms with van der Waals surface area (Å²) in [5.74, 6) is -0.537. The van der Waals surface area contributed by atoms with Crippen molar-refractivity contribution in [1.82, 2.24) is 4.90 Å². The van der Waals surface area contributed by atoms with Gasteiger partial charge in [-0.2, -0.15) is 0 Å². The summed E-state index contributed by atoms with van der Waals surface area (Å²) in [6.07, 6.45) is 0. The Morgan fingerprint density at radius 3 is 2.50 bits per heavy atom. The van der Waals surface area contributed by atoms with Crippen LogP contribution in [-0.2, 0) is 4.79 Å². The largest absolute Gasteiger partial charge is 0.324 e. The maximum absolute atomic E-state index is 13.4. The molecule has 3 aromatic carbocycles. The predicted octanol–water partition coefficient (Wildman–Crippen LogP) is 5.29. The highest BCUT2D eigenvalue weighted by Gasteiger charge is 2.34. The molecule has 4 nitrogen and oxygen atoms in total. The molecule has 0 aromatic heterocycles. The van der Waals surface area contributed by atoms with E-state index < -0.39 is 6.04 Å². The third kappa shape index (κ3) is 3.55. The molecule has 0 radical (unpaired) electrons.